The third-order valence-corrected chi connectivity index (χ3v) is 4.84. The van der Waals surface area contributed by atoms with Crippen molar-refractivity contribution in [3.63, 3.8) is 0 Å². The number of nitrogens with zero attached hydrogens (tertiary/aromatic N) is 1. The van der Waals surface area contributed by atoms with E-state index in [1.807, 2.05) is 0 Å². The predicted molar refractivity (Wildman–Crippen MR) is 85.0 cm³/mol. The molecule has 8 heteroatoms. The maximum atomic E-state index is 12.5. The Morgan fingerprint density at radius 2 is 2.04 bits per heavy atom. The Hall–Kier alpha value is -2.87. The molecule has 0 radical (unpaired) electrons. The van der Waals surface area contributed by atoms with Crippen LogP contribution in [0, 0.1) is 6.92 Å². The van der Waals surface area contributed by atoms with E-state index in [1.54, 1.807) is 25.1 Å². The van der Waals surface area contributed by atoms with Gasteiger partial charge in [0.25, 0.3) is 10.0 Å². The van der Waals surface area contributed by atoms with Gasteiger partial charge < -0.3 is 5.11 Å². The number of benzene rings is 2. The number of nitrogens with one attached hydrogen (secondary N) is 2. The molecule has 0 bridgehead atoms. The first kappa shape index (κ1) is 15.0. The van der Waals surface area contributed by atoms with Crippen molar-refractivity contribution in [2.75, 3.05) is 4.72 Å². The summed E-state index contributed by atoms with van der Waals surface area (Å²) in [5.74, 6) is -1.17. The molecular formula is C15H13N3O4S. The largest absolute Gasteiger partial charge is 0.478 e. The van der Waals surface area contributed by atoms with Crippen LogP contribution in [0.25, 0.3) is 10.9 Å². The van der Waals surface area contributed by atoms with Gasteiger partial charge in [0, 0.05) is 5.39 Å². The molecule has 0 fully saturated rings. The smallest absolute Gasteiger partial charge is 0.335 e. The summed E-state index contributed by atoms with van der Waals surface area (Å²) < 4.78 is 27.5. The molecule has 0 aliphatic heterocycles. The van der Waals surface area contributed by atoms with Gasteiger partial charge in [-0.3, -0.25) is 9.82 Å². The highest BCUT2D eigenvalue weighted by atomic mass is 32.2. The summed E-state index contributed by atoms with van der Waals surface area (Å²) in [6.45, 7) is 1.61. The second-order valence-electron chi connectivity index (χ2n) is 5.02. The topological polar surface area (TPSA) is 112 Å². The average molecular weight is 331 g/mol. The molecule has 3 N–H and O–H groups in total. The van der Waals surface area contributed by atoms with Gasteiger partial charge in [0.15, 0.2) is 0 Å². The van der Waals surface area contributed by atoms with Crippen molar-refractivity contribution in [3.05, 3.63) is 53.7 Å². The highest BCUT2D eigenvalue weighted by Gasteiger charge is 2.19. The molecule has 3 aromatic rings. The third kappa shape index (κ3) is 2.76. The van der Waals surface area contributed by atoms with Gasteiger partial charge in [0.1, 0.15) is 0 Å². The van der Waals surface area contributed by atoms with E-state index in [1.165, 1.54) is 18.3 Å². The van der Waals surface area contributed by atoms with Crippen LogP contribution in [0.4, 0.5) is 5.69 Å². The van der Waals surface area contributed by atoms with Crippen LogP contribution in [-0.2, 0) is 10.0 Å². The van der Waals surface area contributed by atoms with Crippen LogP contribution in [0.2, 0.25) is 0 Å². The molecule has 0 saturated carbocycles. The Morgan fingerprint density at radius 1 is 1.26 bits per heavy atom. The number of carbonyl (C=O) groups is 1. The zero-order valence-corrected chi connectivity index (χ0v) is 12.9. The van der Waals surface area contributed by atoms with Crippen LogP contribution < -0.4 is 4.72 Å². The van der Waals surface area contributed by atoms with Crippen molar-refractivity contribution in [2.45, 2.75) is 11.8 Å². The Bertz CT molecular complexity index is 1010. The SMILES string of the molecule is Cc1ccc(S(=O)(=O)Nc2cccc3[nH]ncc23)cc1C(=O)O. The number of carboxylic acid groups (broad SMARTS) is 1. The van der Waals surface area contributed by atoms with Crippen molar-refractivity contribution in [1.82, 2.24) is 10.2 Å². The molecule has 0 saturated heterocycles. The summed E-state index contributed by atoms with van der Waals surface area (Å²) in [5.41, 5.74) is 1.51. The zero-order valence-electron chi connectivity index (χ0n) is 12.1. The number of hydrogen-bond donors (Lipinski definition) is 3. The van der Waals surface area contributed by atoms with E-state index in [4.69, 9.17) is 5.11 Å². The lowest BCUT2D eigenvalue weighted by Crippen LogP contribution is -2.14. The molecular weight excluding hydrogens is 318 g/mol. The lowest BCUT2D eigenvalue weighted by Gasteiger charge is -2.10. The van der Waals surface area contributed by atoms with E-state index in [-0.39, 0.29) is 10.5 Å². The molecule has 1 heterocycles. The molecule has 118 valence electrons. The maximum absolute atomic E-state index is 12.5. The summed E-state index contributed by atoms with van der Waals surface area (Å²) in [6.07, 6.45) is 1.52. The highest BCUT2D eigenvalue weighted by molar-refractivity contribution is 7.92. The fourth-order valence-corrected chi connectivity index (χ4v) is 3.37. The number of aromatic amines is 1. The summed E-state index contributed by atoms with van der Waals surface area (Å²) in [5, 5.41) is 16.4. The number of fused-ring (bicyclic) bond motifs is 1. The second-order valence-corrected chi connectivity index (χ2v) is 6.71. The van der Waals surface area contributed by atoms with Crippen molar-refractivity contribution in [3.8, 4) is 0 Å². The first-order valence-corrected chi connectivity index (χ1v) is 8.16. The number of aromatic carboxylic acids is 1. The number of H-pyrrole nitrogens is 1. The van der Waals surface area contributed by atoms with Gasteiger partial charge >= 0.3 is 5.97 Å². The molecule has 0 aliphatic carbocycles. The fourth-order valence-electron chi connectivity index (χ4n) is 2.26. The molecule has 0 spiro atoms. The number of sulfonamides is 1. The van der Waals surface area contributed by atoms with Crippen LogP contribution in [-0.4, -0.2) is 29.7 Å². The van der Waals surface area contributed by atoms with Crippen molar-refractivity contribution in [2.24, 2.45) is 0 Å². The molecule has 0 amide bonds. The Kier molecular flexibility index (Phi) is 3.53. The minimum absolute atomic E-state index is 0.0469. The minimum atomic E-state index is -3.91. The molecule has 0 aliphatic rings. The normalized spacial score (nSPS) is 11.5. The van der Waals surface area contributed by atoms with Gasteiger partial charge in [0.05, 0.1) is 27.9 Å². The van der Waals surface area contributed by atoms with E-state index in [0.29, 0.717) is 22.2 Å². The lowest BCUT2D eigenvalue weighted by atomic mass is 10.1. The fraction of sp³-hybridized carbons (Fsp3) is 0.0667. The molecule has 2 aromatic carbocycles. The van der Waals surface area contributed by atoms with Crippen LogP contribution in [0.15, 0.2) is 47.5 Å². The second kappa shape index (κ2) is 5.40. The Morgan fingerprint density at radius 3 is 2.78 bits per heavy atom. The summed E-state index contributed by atoms with van der Waals surface area (Å²) >= 11 is 0. The number of aromatic nitrogens is 2. The first-order valence-electron chi connectivity index (χ1n) is 6.67. The van der Waals surface area contributed by atoms with Gasteiger partial charge in [-0.2, -0.15) is 5.10 Å². The van der Waals surface area contributed by atoms with Gasteiger partial charge in [-0.15, -0.1) is 0 Å². The van der Waals surface area contributed by atoms with E-state index in [0.717, 1.165) is 6.07 Å². The van der Waals surface area contributed by atoms with Gasteiger partial charge in [-0.05, 0) is 36.8 Å². The van der Waals surface area contributed by atoms with Crippen LogP contribution in [0.1, 0.15) is 15.9 Å². The molecule has 1 aromatic heterocycles. The van der Waals surface area contributed by atoms with Gasteiger partial charge in [-0.25, -0.2) is 13.2 Å². The number of rotatable bonds is 4. The average Bonchev–Trinajstić information content (AvgIpc) is 2.96. The van der Waals surface area contributed by atoms with Crippen molar-refractivity contribution >= 4 is 32.6 Å². The van der Waals surface area contributed by atoms with Gasteiger partial charge in [0.2, 0.25) is 0 Å². The lowest BCUT2D eigenvalue weighted by molar-refractivity contribution is 0.0696. The molecule has 0 atom stereocenters. The monoisotopic (exact) mass is 331 g/mol. The van der Waals surface area contributed by atoms with E-state index in [9.17, 15) is 13.2 Å². The molecule has 0 unspecified atom stereocenters. The number of carboxylic acids is 1. The predicted octanol–water partition coefficient (Wildman–Crippen LogP) is 2.37. The summed E-state index contributed by atoms with van der Waals surface area (Å²) in [7, 11) is -3.91. The maximum Gasteiger partial charge on any atom is 0.335 e. The standard InChI is InChI=1S/C15H13N3O4S/c1-9-5-6-10(7-11(9)15(19)20)23(21,22)18-14-4-2-3-13-12(14)8-16-17-13/h2-8,18H,1H3,(H,16,17)(H,19,20). The number of anilines is 1. The van der Waals surface area contributed by atoms with Crippen molar-refractivity contribution in [1.29, 1.82) is 0 Å². The van der Waals surface area contributed by atoms with Crippen LogP contribution in [0.3, 0.4) is 0 Å². The quantitative estimate of drug-likeness (QED) is 0.679. The Balaban J connectivity index is 2.04. The van der Waals surface area contributed by atoms with E-state index in [2.05, 4.69) is 14.9 Å². The number of hydrogen-bond acceptors (Lipinski definition) is 4. The zero-order chi connectivity index (χ0) is 16.6. The minimum Gasteiger partial charge on any atom is -0.478 e. The molecule has 23 heavy (non-hydrogen) atoms. The third-order valence-electron chi connectivity index (χ3n) is 3.48. The Labute approximate surface area is 132 Å². The van der Waals surface area contributed by atoms with E-state index < -0.39 is 16.0 Å². The first-order chi connectivity index (χ1) is 10.9. The van der Waals surface area contributed by atoms with Crippen LogP contribution >= 0.6 is 0 Å². The van der Waals surface area contributed by atoms with Crippen LogP contribution in [0.5, 0.6) is 0 Å². The summed E-state index contributed by atoms with van der Waals surface area (Å²) in [6, 6.07) is 9.07. The van der Waals surface area contributed by atoms with Gasteiger partial charge in [-0.1, -0.05) is 12.1 Å². The summed E-state index contributed by atoms with van der Waals surface area (Å²) in [4.78, 5) is 11.1. The molecule has 7 nitrogen and oxygen atoms in total. The highest BCUT2D eigenvalue weighted by Crippen LogP contribution is 2.25. The van der Waals surface area contributed by atoms with E-state index >= 15 is 0 Å². The van der Waals surface area contributed by atoms with Crippen molar-refractivity contribution < 1.29 is 18.3 Å². The molecule has 3 rings (SSSR count). The number of aryl methyl sites for hydroxylation is 1.